The second-order valence-corrected chi connectivity index (χ2v) is 26.5. The van der Waals surface area contributed by atoms with E-state index in [2.05, 4.69) is 21.3 Å². The van der Waals surface area contributed by atoms with Crippen molar-refractivity contribution in [2.24, 2.45) is 41.4 Å². The molecule has 1 heterocycles. The predicted molar refractivity (Wildman–Crippen MR) is 334 cm³/mol. The summed E-state index contributed by atoms with van der Waals surface area (Å²) in [5, 5.41) is 34.1. The lowest BCUT2D eigenvalue weighted by atomic mass is 9.91. The van der Waals surface area contributed by atoms with Crippen molar-refractivity contribution in [2.75, 3.05) is 55.9 Å². The summed E-state index contributed by atoms with van der Waals surface area (Å²) < 4.78 is 0. The quantitative estimate of drug-likeness (QED) is 0.121. The summed E-state index contributed by atoms with van der Waals surface area (Å²) in [6, 6.07) is -13.2. The summed E-state index contributed by atoms with van der Waals surface area (Å²) in [5.41, 5.74) is 0. The molecule has 11 amide bonds. The molecule has 87 heavy (non-hydrogen) atoms. The lowest BCUT2D eigenvalue weighted by molar-refractivity contribution is -0.157. The first kappa shape index (κ1) is 78.8. The average molecular weight is 1230 g/mol. The van der Waals surface area contributed by atoms with Gasteiger partial charge in [0.25, 0.3) is 0 Å². The van der Waals surface area contributed by atoms with Gasteiger partial charge >= 0.3 is 0 Å². The molecule has 0 aromatic heterocycles. The maximum Gasteiger partial charge on any atom is 0.248 e. The Kier molecular flexibility index (Phi) is 32.4. The topological polar surface area (TPSA) is 299 Å². The van der Waals surface area contributed by atoms with Crippen LogP contribution in [0.25, 0.3) is 0 Å². The minimum absolute atomic E-state index is 0.116. The van der Waals surface area contributed by atoms with Gasteiger partial charge in [-0.3, -0.25) is 52.7 Å². The lowest BCUT2D eigenvalue weighted by Crippen LogP contribution is -2.64. The number of hydrogen-bond acceptors (Lipinski definition) is 13. The van der Waals surface area contributed by atoms with Gasteiger partial charge in [-0.1, -0.05) is 109 Å². The van der Waals surface area contributed by atoms with E-state index in [1.54, 1.807) is 46.8 Å². The first-order valence-corrected chi connectivity index (χ1v) is 31.2. The molecule has 1 rings (SSSR count). The van der Waals surface area contributed by atoms with Gasteiger partial charge in [-0.2, -0.15) is 0 Å². The summed E-state index contributed by atoms with van der Waals surface area (Å²) in [5.74, 6) is -10.6. The van der Waals surface area contributed by atoms with E-state index in [4.69, 9.17) is 0 Å². The van der Waals surface area contributed by atoms with Gasteiger partial charge in [-0.05, 0) is 101 Å². The highest BCUT2D eigenvalue weighted by atomic mass is 16.3. The molecule has 0 aromatic rings. The van der Waals surface area contributed by atoms with Gasteiger partial charge in [0.2, 0.25) is 65.0 Å². The Balaban J connectivity index is 4.39. The van der Waals surface area contributed by atoms with Crippen LogP contribution in [0.2, 0.25) is 0 Å². The van der Waals surface area contributed by atoms with Crippen LogP contribution in [0.4, 0.5) is 0 Å². The summed E-state index contributed by atoms with van der Waals surface area (Å²) in [6.45, 7) is 28.7. The monoisotopic (exact) mass is 1230 g/mol. The van der Waals surface area contributed by atoms with Gasteiger partial charge in [-0.15, -0.1) is 0 Å². The predicted octanol–water partition coefficient (Wildman–Crippen LogP) is 2.63. The zero-order valence-corrected chi connectivity index (χ0v) is 57.1. The Hall–Kier alpha value is -6.17. The molecule has 0 spiro atoms. The number of carbonyl (C=O) groups is 11. The van der Waals surface area contributed by atoms with Crippen molar-refractivity contribution in [3.8, 4) is 0 Å². The SMILES string of the molecule is CC=CCC(C)C(O)C1C(=O)NC(C(C)O)C(=O)N(C)CC(=O)N(C)C(CC(C)C)C(=O)NC(C(C)CC)C(=O)N(C)C(CC(C)C)C(=O)NC(C)C(=O)NC(C)C(=O)N(C)C(CC(C)C)C(=O)N(C)C(CC(C)C)C(=O)N(C)C(C(C)C)C(=O)N1C. The number of nitrogens with one attached hydrogen (secondary N) is 4. The third-order valence-electron chi connectivity index (χ3n) is 16.6. The molecule has 24 heteroatoms. The average Bonchev–Trinajstić information content (AvgIpc) is 3.50. The zero-order chi connectivity index (χ0) is 67.6. The summed E-state index contributed by atoms with van der Waals surface area (Å²) in [4.78, 5) is 169. The van der Waals surface area contributed by atoms with Gasteiger partial charge < -0.3 is 65.8 Å². The van der Waals surface area contributed by atoms with E-state index in [9.17, 15) is 53.4 Å². The van der Waals surface area contributed by atoms with Gasteiger partial charge in [0, 0.05) is 49.3 Å². The van der Waals surface area contributed by atoms with Crippen molar-refractivity contribution >= 4 is 65.0 Å². The number of rotatable bonds is 16. The van der Waals surface area contributed by atoms with Crippen molar-refractivity contribution in [1.29, 1.82) is 0 Å². The number of aliphatic hydroxyl groups is 2. The molecular weight excluding hydrogens is 1120 g/mol. The van der Waals surface area contributed by atoms with E-state index in [1.807, 2.05) is 62.3 Å². The maximum absolute atomic E-state index is 15.2. The largest absolute Gasteiger partial charge is 0.391 e. The number of allylic oxidation sites excluding steroid dienone is 2. The van der Waals surface area contributed by atoms with Crippen LogP contribution in [-0.4, -0.2) is 238 Å². The standard InChI is InChI=1S/C63H113N11O13/c1-25-27-28-40(14)53(77)52-57(81)67-50(43(17)75)61(85)68(18)33-48(76)69(19)44(29-34(3)4)56(80)66-49(39(13)26-2)62(86)70(20)45(30-35(5)6)55(79)64-41(15)54(78)65-42(16)58(82)71(21)46(31-36(7)8)59(83)72(22)47(32-37(9)10)60(84)73(23)51(38(11)12)63(87)74(52)24/h25,27,34-47,49-53,75,77H,26,28-33H2,1-24H3,(H,64,79)(H,65,78)(H,66,80)(H,67,81). The molecule has 0 saturated carbocycles. The molecule has 1 aliphatic heterocycles. The van der Waals surface area contributed by atoms with Crippen molar-refractivity contribution in [3.05, 3.63) is 12.2 Å². The zero-order valence-electron chi connectivity index (χ0n) is 57.1. The molecule has 6 N–H and O–H groups in total. The molecule has 1 saturated heterocycles. The second kappa shape index (κ2) is 35.7. The molecule has 498 valence electrons. The van der Waals surface area contributed by atoms with Crippen molar-refractivity contribution in [1.82, 2.24) is 55.6 Å². The van der Waals surface area contributed by atoms with Gasteiger partial charge in [-0.25, -0.2) is 0 Å². The van der Waals surface area contributed by atoms with Gasteiger partial charge in [0.05, 0.1) is 18.8 Å². The molecule has 0 aromatic carbocycles. The fraction of sp³-hybridized carbons (Fsp3) is 0.794. The molecule has 24 nitrogen and oxygen atoms in total. The van der Waals surface area contributed by atoms with E-state index in [1.165, 1.54) is 89.7 Å². The maximum atomic E-state index is 15.2. The molecule has 0 aliphatic carbocycles. The number of nitrogens with zero attached hydrogens (tertiary/aromatic N) is 7. The number of hydrogen-bond donors (Lipinski definition) is 6. The van der Waals surface area contributed by atoms with E-state index in [0.717, 1.165) is 14.7 Å². The van der Waals surface area contributed by atoms with Crippen LogP contribution in [0.1, 0.15) is 156 Å². The van der Waals surface area contributed by atoms with Gasteiger partial charge in [0.15, 0.2) is 0 Å². The fourth-order valence-corrected chi connectivity index (χ4v) is 10.9. The highest BCUT2D eigenvalue weighted by molar-refractivity contribution is 5.99. The highest BCUT2D eigenvalue weighted by Crippen LogP contribution is 2.26. The Labute approximate surface area is 520 Å². The smallest absolute Gasteiger partial charge is 0.248 e. The van der Waals surface area contributed by atoms with Crippen LogP contribution in [0, 0.1) is 41.4 Å². The molecule has 14 atom stereocenters. The first-order valence-electron chi connectivity index (χ1n) is 31.2. The Morgan fingerprint density at radius 3 is 1.31 bits per heavy atom. The Bertz CT molecular complexity index is 2380. The minimum atomic E-state index is -1.74. The van der Waals surface area contributed by atoms with E-state index < -0.39 is 162 Å². The van der Waals surface area contributed by atoms with Crippen LogP contribution in [0.5, 0.6) is 0 Å². The van der Waals surface area contributed by atoms with Crippen LogP contribution in [0.3, 0.4) is 0 Å². The lowest BCUT2D eigenvalue weighted by Gasteiger charge is -2.41. The Morgan fingerprint density at radius 2 is 0.862 bits per heavy atom. The van der Waals surface area contributed by atoms with Gasteiger partial charge in [0.1, 0.15) is 60.4 Å². The molecule has 1 fully saturated rings. The number of likely N-dealkylation sites (N-methyl/N-ethyl adjacent to an activating group) is 7. The normalized spacial score (nSPS) is 27.3. The first-order chi connectivity index (χ1) is 40.1. The number of amides is 11. The Morgan fingerprint density at radius 1 is 0.460 bits per heavy atom. The van der Waals surface area contributed by atoms with E-state index >= 15 is 9.59 Å². The van der Waals surface area contributed by atoms with E-state index in [0.29, 0.717) is 6.42 Å². The van der Waals surface area contributed by atoms with E-state index in [-0.39, 0.29) is 55.8 Å². The number of carbonyl (C=O) groups excluding carboxylic acids is 11. The third kappa shape index (κ3) is 22.1. The second-order valence-electron chi connectivity index (χ2n) is 26.5. The number of aliphatic hydroxyl groups excluding tert-OH is 2. The minimum Gasteiger partial charge on any atom is -0.391 e. The van der Waals surface area contributed by atoms with Crippen LogP contribution < -0.4 is 21.3 Å². The summed E-state index contributed by atoms with van der Waals surface area (Å²) in [6.07, 6.45) is 1.52. The molecular formula is C63H113N11O13. The molecule has 0 radical (unpaired) electrons. The molecule has 14 unspecified atom stereocenters. The van der Waals surface area contributed by atoms with Crippen LogP contribution >= 0.6 is 0 Å². The summed E-state index contributed by atoms with van der Waals surface area (Å²) in [7, 11) is 9.66. The molecule has 0 bridgehead atoms. The molecule has 1 aliphatic rings. The summed E-state index contributed by atoms with van der Waals surface area (Å²) >= 11 is 0. The van der Waals surface area contributed by atoms with Crippen LogP contribution in [-0.2, 0) is 52.7 Å². The van der Waals surface area contributed by atoms with Crippen molar-refractivity contribution in [2.45, 2.75) is 229 Å². The van der Waals surface area contributed by atoms with Crippen molar-refractivity contribution < 1.29 is 63.0 Å². The van der Waals surface area contributed by atoms with Crippen LogP contribution in [0.15, 0.2) is 12.2 Å². The fourth-order valence-electron chi connectivity index (χ4n) is 10.9. The highest BCUT2D eigenvalue weighted by Gasteiger charge is 2.46. The van der Waals surface area contributed by atoms with Crippen molar-refractivity contribution in [3.63, 3.8) is 0 Å². The third-order valence-corrected chi connectivity index (χ3v) is 16.6.